The van der Waals surface area contributed by atoms with Gasteiger partial charge in [-0.15, -0.1) is 0 Å². The number of benzene rings is 1. The first kappa shape index (κ1) is 13.8. The fourth-order valence-corrected chi connectivity index (χ4v) is 3.86. The number of nitrogens with zero attached hydrogens (tertiary/aromatic N) is 3. The average Bonchev–Trinajstić information content (AvgIpc) is 3.00. The number of hydrogen-bond acceptors (Lipinski definition) is 5. The molecule has 0 amide bonds. The summed E-state index contributed by atoms with van der Waals surface area (Å²) in [6.07, 6.45) is 0. The van der Waals surface area contributed by atoms with Crippen molar-refractivity contribution in [1.29, 1.82) is 5.26 Å². The van der Waals surface area contributed by atoms with E-state index in [1.807, 2.05) is 6.07 Å². The fraction of sp³-hybridized carbons (Fsp3) is 0.533. The summed E-state index contributed by atoms with van der Waals surface area (Å²) in [6.45, 7) is 6.96. The van der Waals surface area contributed by atoms with Crippen molar-refractivity contribution in [3.05, 3.63) is 33.9 Å². The number of nitro groups is 1. The van der Waals surface area contributed by atoms with Crippen LogP contribution in [0, 0.1) is 33.3 Å². The summed E-state index contributed by atoms with van der Waals surface area (Å²) in [5, 5.41) is 24.0. The van der Waals surface area contributed by atoms with Gasteiger partial charge in [-0.25, -0.2) is 0 Å². The summed E-state index contributed by atoms with van der Waals surface area (Å²) in [4.78, 5) is 13.1. The van der Waals surface area contributed by atoms with Crippen molar-refractivity contribution >= 4 is 11.4 Å². The maximum atomic E-state index is 11.4. The van der Waals surface area contributed by atoms with Crippen molar-refractivity contribution in [2.24, 2.45) is 11.8 Å². The highest BCUT2D eigenvalue weighted by Crippen LogP contribution is 2.46. The van der Waals surface area contributed by atoms with E-state index in [1.165, 1.54) is 6.07 Å². The molecule has 2 unspecified atom stereocenters. The molecule has 0 radical (unpaired) electrons. The van der Waals surface area contributed by atoms with Crippen LogP contribution in [0.4, 0.5) is 11.4 Å². The summed E-state index contributed by atoms with van der Waals surface area (Å²) < 4.78 is 0. The van der Waals surface area contributed by atoms with Gasteiger partial charge >= 0.3 is 5.69 Å². The van der Waals surface area contributed by atoms with Crippen LogP contribution in [0.3, 0.4) is 0 Å². The lowest BCUT2D eigenvalue weighted by Gasteiger charge is -2.37. The Morgan fingerprint density at radius 3 is 2.86 bits per heavy atom. The number of hydrogen-bond donors (Lipinski definition) is 1. The second-order valence-corrected chi connectivity index (χ2v) is 6.33. The molecular weight excluding hydrogens is 268 g/mol. The number of para-hydroxylation sites is 1. The minimum atomic E-state index is -0.434. The van der Waals surface area contributed by atoms with Crippen molar-refractivity contribution < 1.29 is 4.92 Å². The van der Waals surface area contributed by atoms with Gasteiger partial charge in [0.2, 0.25) is 0 Å². The van der Waals surface area contributed by atoms with Crippen molar-refractivity contribution in [2.75, 3.05) is 24.5 Å². The van der Waals surface area contributed by atoms with Crippen LogP contribution in [-0.4, -0.2) is 30.1 Å². The molecule has 1 aromatic rings. The Bertz CT molecular complexity index is 635. The first-order valence-corrected chi connectivity index (χ1v) is 7.12. The predicted molar refractivity (Wildman–Crippen MR) is 79.1 cm³/mol. The molecule has 2 saturated heterocycles. The molecule has 2 aliphatic rings. The van der Waals surface area contributed by atoms with Crippen molar-refractivity contribution in [2.45, 2.75) is 19.4 Å². The van der Waals surface area contributed by atoms with E-state index in [1.54, 1.807) is 12.1 Å². The fourth-order valence-electron chi connectivity index (χ4n) is 3.86. The Morgan fingerprint density at radius 2 is 2.24 bits per heavy atom. The Morgan fingerprint density at radius 1 is 1.48 bits per heavy atom. The average molecular weight is 286 g/mol. The third kappa shape index (κ3) is 1.96. The highest BCUT2D eigenvalue weighted by atomic mass is 16.6. The highest BCUT2D eigenvalue weighted by Gasteiger charge is 2.50. The van der Waals surface area contributed by atoms with Crippen molar-refractivity contribution in [1.82, 2.24) is 5.32 Å². The molecule has 3 rings (SSSR count). The molecule has 0 bridgehead atoms. The van der Waals surface area contributed by atoms with Crippen LogP contribution in [0.25, 0.3) is 0 Å². The van der Waals surface area contributed by atoms with Crippen LogP contribution >= 0.6 is 0 Å². The lowest BCUT2D eigenvalue weighted by Crippen LogP contribution is -2.44. The number of nitriles is 1. The highest BCUT2D eigenvalue weighted by molar-refractivity contribution is 5.71. The molecule has 0 aliphatic carbocycles. The molecule has 0 aromatic heterocycles. The van der Waals surface area contributed by atoms with Gasteiger partial charge in [0.1, 0.15) is 17.3 Å². The third-order valence-electron chi connectivity index (χ3n) is 4.97. The number of nitro benzene ring substituents is 1. The van der Waals surface area contributed by atoms with Crippen LogP contribution in [-0.2, 0) is 0 Å². The summed E-state index contributed by atoms with van der Waals surface area (Å²) in [5.41, 5.74) is 0.468. The number of anilines is 1. The van der Waals surface area contributed by atoms with E-state index in [2.05, 4.69) is 24.1 Å². The van der Waals surface area contributed by atoms with Crippen LogP contribution in [0.15, 0.2) is 18.2 Å². The third-order valence-corrected chi connectivity index (χ3v) is 4.97. The number of fused-ring (bicyclic) bond motifs is 1. The monoisotopic (exact) mass is 286 g/mol. The Balaban J connectivity index is 2.10. The van der Waals surface area contributed by atoms with Gasteiger partial charge in [-0.1, -0.05) is 6.07 Å². The van der Waals surface area contributed by atoms with Gasteiger partial charge < -0.3 is 10.2 Å². The lowest BCUT2D eigenvalue weighted by atomic mass is 9.84. The zero-order valence-corrected chi connectivity index (χ0v) is 12.2. The number of rotatable bonds is 2. The molecular formula is C15H18N4O2. The quantitative estimate of drug-likeness (QED) is 0.663. The normalized spacial score (nSPS) is 26.4. The number of nitrogens with one attached hydrogen (secondary N) is 1. The molecule has 6 nitrogen and oxygen atoms in total. The molecule has 1 aromatic carbocycles. The molecule has 6 heteroatoms. The molecule has 2 atom stereocenters. The Hall–Kier alpha value is -2.13. The zero-order valence-electron chi connectivity index (χ0n) is 12.2. The first-order valence-electron chi connectivity index (χ1n) is 7.12. The van der Waals surface area contributed by atoms with E-state index in [0.717, 1.165) is 19.6 Å². The summed E-state index contributed by atoms with van der Waals surface area (Å²) in [6, 6.07) is 6.93. The predicted octanol–water partition coefficient (Wildman–Crippen LogP) is 1.90. The van der Waals surface area contributed by atoms with Gasteiger partial charge in [0.25, 0.3) is 0 Å². The van der Waals surface area contributed by atoms with E-state index in [9.17, 15) is 10.1 Å². The topological polar surface area (TPSA) is 82.2 Å². The smallest absolute Gasteiger partial charge is 0.310 e. The maximum Gasteiger partial charge on any atom is 0.310 e. The second kappa shape index (κ2) is 4.71. The van der Waals surface area contributed by atoms with Gasteiger partial charge in [0.05, 0.1) is 4.92 Å². The molecule has 0 spiro atoms. The lowest BCUT2D eigenvalue weighted by molar-refractivity contribution is -0.384. The van der Waals surface area contributed by atoms with Crippen LogP contribution in [0.2, 0.25) is 0 Å². The van der Waals surface area contributed by atoms with Crippen molar-refractivity contribution in [3.8, 4) is 6.07 Å². The van der Waals surface area contributed by atoms with E-state index >= 15 is 0 Å². The zero-order chi connectivity index (χ0) is 15.2. The van der Waals surface area contributed by atoms with Gasteiger partial charge in [-0.3, -0.25) is 10.1 Å². The van der Waals surface area contributed by atoms with E-state index in [-0.39, 0.29) is 16.8 Å². The minimum absolute atomic E-state index is 0.0685. The standard InChI is InChI=1S/C15H18N4O2/c1-15(2)12-8-17-7-11(12)9-18(15)13-5-3-4-10(6-16)14(13)19(20)21/h3-5,11-12,17H,7-9H2,1-2H3. The van der Waals surface area contributed by atoms with Gasteiger partial charge in [0.15, 0.2) is 0 Å². The first-order chi connectivity index (χ1) is 9.96. The summed E-state index contributed by atoms with van der Waals surface area (Å²) in [7, 11) is 0. The summed E-state index contributed by atoms with van der Waals surface area (Å²) >= 11 is 0. The Kier molecular flexibility index (Phi) is 3.10. The molecule has 110 valence electrons. The molecule has 21 heavy (non-hydrogen) atoms. The molecule has 2 aliphatic heterocycles. The van der Waals surface area contributed by atoms with Crippen LogP contribution in [0.5, 0.6) is 0 Å². The molecule has 1 N–H and O–H groups in total. The van der Waals surface area contributed by atoms with Gasteiger partial charge in [-0.2, -0.15) is 5.26 Å². The van der Waals surface area contributed by atoms with Crippen LogP contribution < -0.4 is 10.2 Å². The largest absolute Gasteiger partial charge is 0.360 e. The van der Waals surface area contributed by atoms with Gasteiger partial charge in [0, 0.05) is 25.2 Å². The van der Waals surface area contributed by atoms with Gasteiger partial charge in [-0.05, 0) is 37.8 Å². The minimum Gasteiger partial charge on any atom is -0.360 e. The van der Waals surface area contributed by atoms with E-state index < -0.39 is 4.92 Å². The van der Waals surface area contributed by atoms with E-state index in [0.29, 0.717) is 17.5 Å². The molecule has 2 fully saturated rings. The second-order valence-electron chi connectivity index (χ2n) is 6.33. The molecule has 0 saturated carbocycles. The Labute approximate surface area is 123 Å². The van der Waals surface area contributed by atoms with Crippen LogP contribution in [0.1, 0.15) is 19.4 Å². The maximum absolute atomic E-state index is 11.4. The summed E-state index contributed by atoms with van der Waals surface area (Å²) in [5.74, 6) is 0.980. The van der Waals surface area contributed by atoms with E-state index in [4.69, 9.17) is 5.26 Å². The SMILES string of the molecule is CC1(C)C2CNCC2CN1c1cccc(C#N)c1[N+](=O)[O-]. The molecule has 2 heterocycles. The van der Waals surface area contributed by atoms with Crippen molar-refractivity contribution in [3.63, 3.8) is 0 Å².